The van der Waals surface area contributed by atoms with Gasteiger partial charge in [-0.25, -0.2) is 0 Å². The SMILES string of the molecule is CCC(CCBr)CNC(=O)c1cc(C)cc(Cl)c1. The molecule has 0 heterocycles. The normalized spacial score (nSPS) is 12.2. The first kappa shape index (κ1) is 15.5. The second-order valence-electron chi connectivity index (χ2n) is 4.48. The van der Waals surface area contributed by atoms with Gasteiger partial charge < -0.3 is 5.32 Å². The Kier molecular flexibility index (Phi) is 6.72. The highest BCUT2D eigenvalue weighted by Crippen LogP contribution is 2.15. The highest BCUT2D eigenvalue weighted by atomic mass is 79.9. The summed E-state index contributed by atoms with van der Waals surface area (Å²) >= 11 is 9.38. The number of alkyl halides is 1. The van der Waals surface area contributed by atoms with Crippen LogP contribution in [-0.2, 0) is 0 Å². The van der Waals surface area contributed by atoms with Gasteiger partial charge in [-0.05, 0) is 43.0 Å². The molecular formula is C14H19BrClNO. The van der Waals surface area contributed by atoms with Gasteiger partial charge >= 0.3 is 0 Å². The summed E-state index contributed by atoms with van der Waals surface area (Å²) in [6.45, 7) is 4.79. The number of rotatable bonds is 6. The van der Waals surface area contributed by atoms with Crippen molar-refractivity contribution in [3.05, 3.63) is 34.3 Å². The largest absolute Gasteiger partial charge is 0.352 e. The highest BCUT2D eigenvalue weighted by molar-refractivity contribution is 9.09. The molecule has 0 fully saturated rings. The van der Waals surface area contributed by atoms with Crippen LogP contribution < -0.4 is 5.32 Å². The molecule has 0 spiro atoms. The molecular weight excluding hydrogens is 314 g/mol. The van der Waals surface area contributed by atoms with Crippen LogP contribution in [0.15, 0.2) is 18.2 Å². The second-order valence-corrected chi connectivity index (χ2v) is 5.71. The Morgan fingerprint density at radius 2 is 2.17 bits per heavy atom. The summed E-state index contributed by atoms with van der Waals surface area (Å²) in [6, 6.07) is 5.40. The van der Waals surface area contributed by atoms with Crippen LogP contribution in [0.25, 0.3) is 0 Å². The fraction of sp³-hybridized carbons (Fsp3) is 0.500. The van der Waals surface area contributed by atoms with Gasteiger partial charge in [0.2, 0.25) is 0 Å². The van der Waals surface area contributed by atoms with Gasteiger partial charge in [0, 0.05) is 22.5 Å². The Labute approximate surface area is 122 Å². The summed E-state index contributed by atoms with van der Waals surface area (Å²) in [5.41, 5.74) is 1.63. The molecule has 1 amide bonds. The molecule has 1 rings (SSSR count). The number of halogens is 2. The van der Waals surface area contributed by atoms with Crippen LogP contribution in [-0.4, -0.2) is 17.8 Å². The Bertz CT molecular complexity index is 389. The molecule has 0 saturated carbocycles. The maximum absolute atomic E-state index is 12.0. The van der Waals surface area contributed by atoms with E-state index < -0.39 is 0 Å². The summed E-state index contributed by atoms with van der Waals surface area (Å²) in [7, 11) is 0. The lowest BCUT2D eigenvalue weighted by Crippen LogP contribution is -2.29. The third-order valence-corrected chi connectivity index (χ3v) is 3.63. The molecule has 1 N–H and O–H groups in total. The first-order chi connectivity index (χ1) is 8.56. The number of benzene rings is 1. The van der Waals surface area contributed by atoms with Crippen LogP contribution in [0.1, 0.15) is 35.7 Å². The lowest BCUT2D eigenvalue weighted by atomic mass is 10.0. The predicted octanol–water partition coefficient (Wildman–Crippen LogP) is 4.19. The van der Waals surface area contributed by atoms with Crippen molar-refractivity contribution in [2.24, 2.45) is 5.92 Å². The minimum absolute atomic E-state index is 0.0476. The first-order valence-electron chi connectivity index (χ1n) is 6.18. The van der Waals surface area contributed by atoms with Crippen molar-refractivity contribution in [3.8, 4) is 0 Å². The number of hydrogen-bond acceptors (Lipinski definition) is 1. The standard InChI is InChI=1S/C14H19BrClNO/c1-3-11(4-5-15)9-17-14(18)12-6-10(2)7-13(16)8-12/h6-8,11H,3-5,9H2,1-2H3,(H,17,18). The number of carbonyl (C=O) groups is 1. The minimum Gasteiger partial charge on any atom is -0.352 e. The molecule has 0 bridgehead atoms. The van der Waals surface area contributed by atoms with Gasteiger partial charge in [-0.3, -0.25) is 4.79 Å². The number of amides is 1. The van der Waals surface area contributed by atoms with Gasteiger partial charge in [0.25, 0.3) is 5.91 Å². The molecule has 100 valence electrons. The Morgan fingerprint density at radius 1 is 1.44 bits per heavy atom. The average Bonchev–Trinajstić information content (AvgIpc) is 2.32. The number of nitrogens with one attached hydrogen (secondary N) is 1. The fourth-order valence-corrected chi connectivity index (χ4v) is 2.75. The van der Waals surface area contributed by atoms with E-state index in [1.165, 1.54) is 0 Å². The molecule has 0 aliphatic rings. The molecule has 4 heteroatoms. The van der Waals surface area contributed by atoms with Crippen molar-refractivity contribution >= 4 is 33.4 Å². The Balaban J connectivity index is 2.59. The maximum Gasteiger partial charge on any atom is 0.251 e. The van der Waals surface area contributed by atoms with Crippen LogP contribution in [0.2, 0.25) is 5.02 Å². The van der Waals surface area contributed by atoms with Crippen LogP contribution in [0.5, 0.6) is 0 Å². The van der Waals surface area contributed by atoms with E-state index in [0.29, 0.717) is 23.0 Å². The van der Waals surface area contributed by atoms with E-state index >= 15 is 0 Å². The van der Waals surface area contributed by atoms with Crippen molar-refractivity contribution in [2.45, 2.75) is 26.7 Å². The lowest BCUT2D eigenvalue weighted by Gasteiger charge is -2.14. The zero-order chi connectivity index (χ0) is 13.5. The van der Waals surface area contributed by atoms with E-state index in [1.807, 2.05) is 19.1 Å². The first-order valence-corrected chi connectivity index (χ1v) is 7.68. The van der Waals surface area contributed by atoms with Crippen molar-refractivity contribution in [3.63, 3.8) is 0 Å². The summed E-state index contributed by atoms with van der Waals surface area (Å²) in [5.74, 6) is 0.474. The summed E-state index contributed by atoms with van der Waals surface area (Å²) < 4.78 is 0. The average molecular weight is 333 g/mol. The number of carbonyl (C=O) groups excluding carboxylic acids is 1. The zero-order valence-electron chi connectivity index (χ0n) is 10.8. The van der Waals surface area contributed by atoms with Gasteiger partial charge in [-0.1, -0.05) is 40.9 Å². The third-order valence-electron chi connectivity index (χ3n) is 2.95. The molecule has 0 aromatic heterocycles. The van der Waals surface area contributed by atoms with Crippen molar-refractivity contribution in [1.29, 1.82) is 0 Å². The Hall–Kier alpha value is -0.540. The van der Waals surface area contributed by atoms with Crippen LogP contribution in [0.4, 0.5) is 0 Å². The predicted molar refractivity (Wildman–Crippen MR) is 80.7 cm³/mol. The van der Waals surface area contributed by atoms with Gasteiger partial charge in [0.05, 0.1) is 0 Å². The van der Waals surface area contributed by atoms with Crippen molar-refractivity contribution in [1.82, 2.24) is 5.32 Å². The fourth-order valence-electron chi connectivity index (χ4n) is 1.81. The van der Waals surface area contributed by atoms with E-state index in [9.17, 15) is 4.79 Å². The van der Waals surface area contributed by atoms with Crippen molar-refractivity contribution in [2.75, 3.05) is 11.9 Å². The van der Waals surface area contributed by atoms with Crippen LogP contribution >= 0.6 is 27.5 Å². The van der Waals surface area contributed by atoms with Gasteiger partial charge in [0.1, 0.15) is 0 Å². The maximum atomic E-state index is 12.0. The monoisotopic (exact) mass is 331 g/mol. The topological polar surface area (TPSA) is 29.1 Å². The zero-order valence-corrected chi connectivity index (χ0v) is 13.1. The summed E-state index contributed by atoms with van der Waals surface area (Å²) in [5, 5.41) is 4.54. The Morgan fingerprint density at radius 3 is 2.72 bits per heavy atom. The minimum atomic E-state index is -0.0476. The third kappa shape index (κ3) is 4.99. The van der Waals surface area contributed by atoms with E-state index in [0.717, 1.165) is 23.7 Å². The lowest BCUT2D eigenvalue weighted by molar-refractivity contribution is 0.0946. The van der Waals surface area contributed by atoms with E-state index in [1.54, 1.807) is 6.07 Å². The summed E-state index contributed by atoms with van der Waals surface area (Å²) in [6.07, 6.45) is 2.14. The van der Waals surface area contributed by atoms with Crippen molar-refractivity contribution < 1.29 is 4.79 Å². The molecule has 0 saturated heterocycles. The molecule has 0 aliphatic carbocycles. The smallest absolute Gasteiger partial charge is 0.251 e. The molecule has 1 atom stereocenters. The molecule has 18 heavy (non-hydrogen) atoms. The van der Waals surface area contributed by atoms with E-state index in [4.69, 9.17) is 11.6 Å². The van der Waals surface area contributed by atoms with Crippen LogP contribution in [0.3, 0.4) is 0 Å². The number of aryl methyl sites for hydroxylation is 1. The number of hydrogen-bond donors (Lipinski definition) is 1. The molecule has 1 unspecified atom stereocenters. The van der Waals surface area contributed by atoms with Gasteiger partial charge in [-0.15, -0.1) is 0 Å². The van der Waals surface area contributed by atoms with Gasteiger partial charge in [-0.2, -0.15) is 0 Å². The quantitative estimate of drug-likeness (QED) is 0.778. The van der Waals surface area contributed by atoms with Crippen LogP contribution in [0, 0.1) is 12.8 Å². The van der Waals surface area contributed by atoms with E-state index in [2.05, 4.69) is 28.2 Å². The highest BCUT2D eigenvalue weighted by Gasteiger charge is 2.10. The van der Waals surface area contributed by atoms with E-state index in [-0.39, 0.29) is 5.91 Å². The molecule has 1 aromatic carbocycles. The summed E-state index contributed by atoms with van der Waals surface area (Å²) in [4.78, 5) is 12.0. The van der Waals surface area contributed by atoms with Gasteiger partial charge in [0.15, 0.2) is 0 Å². The molecule has 2 nitrogen and oxygen atoms in total. The molecule has 1 aromatic rings. The molecule has 0 radical (unpaired) electrons. The molecule has 0 aliphatic heterocycles. The second kappa shape index (κ2) is 7.80.